The maximum Gasteiger partial charge on any atom is 0.257 e. The third-order valence-corrected chi connectivity index (χ3v) is 6.03. The van der Waals surface area contributed by atoms with E-state index in [4.69, 9.17) is 0 Å². The van der Waals surface area contributed by atoms with E-state index in [-0.39, 0.29) is 5.91 Å². The predicted octanol–water partition coefficient (Wildman–Crippen LogP) is 5.11. The number of nitrogens with zero attached hydrogens (tertiary/aromatic N) is 3. The van der Waals surface area contributed by atoms with E-state index < -0.39 is 0 Å². The molecule has 0 spiro atoms. The van der Waals surface area contributed by atoms with Crippen LogP contribution in [0.4, 0.5) is 11.5 Å². The summed E-state index contributed by atoms with van der Waals surface area (Å²) in [6.07, 6.45) is 4.15. The molecule has 6 heteroatoms. The number of nitrogens with one attached hydrogen (secondary N) is 2. The smallest absolute Gasteiger partial charge is 0.257 e. The highest BCUT2D eigenvalue weighted by Crippen LogP contribution is 2.24. The van der Waals surface area contributed by atoms with Crippen LogP contribution in [0.2, 0.25) is 0 Å². The average Bonchev–Trinajstić information content (AvgIpc) is 3.25. The van der Waals surface area contributed by atoms with Gasteiger partial charge in [-0.05, 0) is 49.1 Å². The Labute approximate surface area is 181 Å². The summed E-state index contributed by atoms with van der Waals surface area (Å²) in [6, 6.07) is 19.5. The molecule has 0 radical (unpaired) electrons. The lowest BCUT2D eigenvalue weighted by atomic mass is 9.99. The van der Waals surface area contributed by atoms with Crippen LogP contribution >= 0.6 is 0 Å². The standard InChI is InChI=1S/C25H25N5O/c1-17-12-14-30(15-13-17)24-11-10-22(28-29-24)18-6-8-19(9-7-18)27-25(31)21-16-26-23-5-3-2-4-20(21)23/h2-11,16-17,26H,12-15H2,1H3,(H,27,31). The zero-order valence-electron chi connectivity index (χ0n) is 17.5. The van der Waals surface area contributed by atoms with E-state index in [1.807, 2.05) is 60.7 Å². The van der Waals surface area contributed by atoms with Crippen molar-refractivity contribution < 1.29 is 4.79 Å². The number of hydrogen-bond acceptors (Lipinski definition) is 4. The molecular formula is C25H25N5O. The van der Waals surface area contributed by atoms with Gasteiger partial charge in [0.1, 0.15) is 0 Å². The van der Waals surface area contributed by atoms with Crippen molar-refractivity contribution in [2.24, 2.45) is 5.92 Å². The molecule has 5 rings (SSSR count). The molecule has 0 aliphatic carbocycles. The largest absolute Gasteiger partial charge is 0.360 e. The molecule has 1 saturated heterocycles. The van der Waals surface area contributed by atoms with Crippen LogP contribution in [-0.2, 0) is 0 Å². The third kappa shape index (κ3) is 4.01. The first-order valence-electron chi connectivity index (χ1n) is 10.7. The van der Waals surface area contributed by atoms with Gasteiger partial charge in [-0.25, -0.2) is 0 Å². The number of H-pyrrole nitrogens is 1. The van der Waals surface area contributed by atoms with Crippen LogP contribution in [0.25, 0.3) is 22.2 Å². The van der Waals surface area contributed by atoms with Gasteiger partial charge in [0, 0.05) is 41.4 Å². The highest BCUT2D eigenvalue weighted by Gasteiger charge is 2.17. The quantitative estimate of drug-likeness (QED) is 0.489. The molecule has 1 aliphatic heterocycles. The SMILES string of the molecule is CC1CCN(c2ccc(-c3ccc(NC(=O)c4c[nH]c5ccccc45)cc3)nn2)CC1. The van der Waals surface area contributed by atoms with Crippen molar-refractivity contribution in [2.45, 2.75) is 19.8 Å². The van der Waals surface area contributed by atoms with Crippen LogP contribution in [-0.4, -0.2) is 34.2 Å². The van der Waals surface area contributed by atoms with Crippen LogP contribution in [0.5, 0.6) is 0 Å². The van der Waals surface area contributed by atoms with E-state index in [2.05, 4.69) is 32.3 Å². The first-order valence-corrected chi connectivity index (χ1v) is 10.7. The van der Waals surface area contributed by atoms with Crippen molar-refractivity contribution in [3.8, 4) is 11.3 Å². The van der Waals surface area contributed by atoms with Crippen LogP contribution < -0.4 is 10.2 Å². The van der Waals surface area contributed by atoms with Crippen LogP contribution in [0.3, 0.4) is 0 Å². The number of aromatic amines is 1. The van der Waals surface area contributed by atoms with Gasteiger partial charge in [0.2, 0.25) is 0 Å². The molecule has 0 atom stereocenters. The van der Waals surface area contributed by atoms with Gasteiger partial charge >= 0.3 is 0 Å². The minimum atomic E-state index is -0.134. The number of rotatable bonds is 4. The topological polar surface area (TPSA) is 73.9 Å². The molecule has 31 heavy (non-hydrogen) atoms. The average molecular weight is 412 g/mol. The Kier molecular flexibility index (Phi) is 5.12. The fourth-order valence-corrected chi connectivity index (χ4v) is 4.07. The maximum absolute atomic E-state index is 12.7. The highest BCUT2D eigenvalue weighted by atomic mass is 16.1. The minimum absolute atomic E-state index is 0.134. The molecule has 6 nitrogen and oxygen atoms in total. The Morgan fingerprint density at radius 3 is 2.52 bits per heavy atom. The van der Waals surface area contributed by atoms with Crippen molar-refractivity contribution in [1.29, 1.82) is 0 Å². The number of anilines is 2. The molecule has 0 bridgehead atoms. The van der Waals surface area contributed by atoms with Crippen molar-refractivity contribution in [1.82, 2.24) is 15.2 Å². The summed E-state index contributed by atoms with van der Waals surface area (Å²) >= 11 is 0. The Morgan fingerprint density at radius 1 is 1.00 bits per heavy atom. The molecule has 1 fully saturated rings. The van der Waals surface area contributed by atoms with Gasteiger partial charge < -0.3 is 15.2 Å². The number of para-hydroxylation sites is 1. The van der Waals surface area contributed by atoms with E-state index >= 15 is 0 Å². The summed E-state index contributed by atoms with van der Waals surface area (Å²) in [5, 5.41) is 12.7. The number of piperidine rings is 1. The van der Waals surface area contributed by atoms with Crippen molar-refractivity contribution >= 4 is 28.3 Å². The molecule has 1 amide bonds. The second-order valence-electron chi connectivity index (χ2n) is 8.23. The van der Waals surface area contributed by atoms with E-state index in [0.29, 0.717) is 5.56 Å². The maximum atomic E-state index is 12.7. The summed E-state index contributed by atoms with van der Waals surface area (Å²) in [5.41, 5.74) is 4.11. The number of benzene rings is 2. The van der Waals surface area contributed by atoms with Gasteiger partial charge in [0.05, 0.1) is 11.3 Å². The lowest BCUT2D eigenvalue weighted by molar-refractivity contribution is 0.102. The van der Waals surface area contributed by atoms with Crippen molar-refractivity contribution in [3.05, 3.63) is 72.4 Å². The summed E-state index contributed by atoms with van der Waals surface area (Å²) in [7, 11) is 0. The van der Waals surface area contributed by atoms with Crippen LogP contribution in [0.15, 0.2) is 66.9 Å². The van der Waals surface area contributed by atoms with Gasteiger partial charge in [-0.15, -0.1) is 10.2 Å². The highest BCUT2D eigenvalue weighted by molar-refractivity contribution is 6.12. The van der Waals surface area contributed by atoms with Gasteiger partial charge in [0.15, 0.2) is 5.82 Å². The van der Waals surface area contributed by atoms with Crippen molar-refractivity contribution in [2.75, 3.05) is 23.3 Å². The number of aromatic nitrogens is 3. The number of amides is 1. The summed E-state index contributed by atoms with van der Waals surface area (Å²) in [6.45, 7) is 4.39. The van der Waals surface area contributed by atoms with E-state index in [1.165, 1.54) is 12.8 Å². The fraction of sp³-hybridized carbons (Fsp3) is 0.240. The van der Waals surface area contributed by atoms with Crippen LogP contribution in [0, 0.1) is 5.92 Å². The molecule has 156 valence electrons. The molecular weight excluding hydrogens is 386 g/mol. The van der Waals surface area contributed by atoms with Gasteiger partial charge in [-0.3, -0.25) is 4.79 Å². The molecule has 4 aromatic rings. The first-order chi connectivity index (χ1) is 15.2. The van der Waals surface area contributed by atoms with Crippen LogP contribution in [0.1, 0.15) is 30.1 Å². The lowest BCUT2D eigenvalue weighted by Gasteiger charge is -2.30. The number of hydrogen-bond donors (Lipinski definition) is 2. The second kappa shape index (κ2) is 8.22. The normalized spacial score (nSPS) is 14.7. The summed E-state index contributed by atoms with van der Waals surface area (Å²) in [4.78, 5) is 18.1. The zero-order chi connectivity index (χ0) is 21.2. The monoisotopic (exact) mass is 411 g/mol. The molecule has 2 N–H and O–H groups in total. The third-order valence-electron chi connectivity index (χ3n) is 6.03. The molecule has 2 aromatic carbocycles. The first kappa shape index (κ1) is 19.3. The number of fused-ring (bicyclic) bond motifs is 1. The van der Waals surface area contributed by atoms with E-state index in [1.54, 1.807) is 6.20 Å². The molecule has 1 aliphatic rings. The van der Waals surface area contributed by atoms with Gasteiger partial charge in [-0.1, -0.05) is 37.3 Å². The van der Waals surface area contributed by atoms with Crippen molar-refractivity contribution in [3.63, 3.8) is 0 Å². The Balaban J connectivity index is 1.27. The van der Waals surface area contributed by atoms with Gasteiger partial charge in [0.25, 0.3) is 5.91 Å². The summed E-state index contributed by atoms with van der Waals surface area (Å²) < 4.78 is 0. The fourth-order valence-electron chi connectivity index (χ4n) is 4.07. The molecule has 0 saturated carbocycles. The lowest BCUT2D eigenvalue weighted by Crippen LogP contribution is -2.33. The van der Waals surface area contributed by atoms with E-state index in [9.17, 15) is 4.79 Å². The second-order valence-corrected chi connectivity index (χ2v) is 8.23. The Hall–Kier alpha value is -3.67. The Bertz CT molecular complexity index is 1190. The molecule has 2 aromatic heterocycles. The summed E-state index contributed by atoms with van der Waals surface area (Å²) in [5.74, 6) is 1.60. The minimum Gasteiger partial charge on any atom is -0.360 e. The predicted molar refractivity (Wildman–Crippen MR) is 124 cm³/mol. The Morgan fingerprint density at radius 2 is 1.77 bits per heavy atom. The molecule has 3 heterocycles. The molecule has 0 unspecified atom stereocenters. The number of carbonyl (C=O) groups excluding carboxylic acids is 1. The van der Waals surface area contributed by atoms with E-state index in [0.717, 1.165) is 52.7 Å². The van der Waals surface area contributed by atoms with Gasteiger partial charge in [-0.2, -0.15) is 0 Å². The zero-order valence-corrected chi connectivity index (χ0v) is 17.5. The number of carbonyl (C=O) groups is 1.